The highest BCUT2D eigenvalue weighted by molar-refractivity contribution is 5.34. The van der Waals surface area contributed by atoms with Crippen LogP contribution in [0.1, 0.15) is 0 Å². The predicted octanol–water partition coefficient (Wildman–Crippen LogP) is 0.529. The van der Waals surface area contributed by atoms with Gasteiger partial charge in [0.25, 0.3) is 0 Å². The number of nitrogens with zero attached hydrogens (tertiary/aromatic N) is 3. The number of hydrogen-bond acceptors (Lipinski definition) is 2. The molecule has 0 bridgehead atoms. The van der Waals surface area contributed by atoms with Gasteiger partial charge in [-0.1, -0.05) is 0 Å². The van der Waals surface area contributed by atoms with Gasteiger partial charge in [0.1, 0.15) is 18.2 Å². The molecule has 3 nitrogen and oxygen atoms in total. The van der Waals surface area contributed by atoms with E-state index in [4.69, 9.17) is 0 Å². The van der Waals surface area contributed by atoms with Crippen LogP contribution in [-0.4, -0.2) is 14.4 Å². The molecular weight excluding hydrogens is 114 g/mol. The third kappa shape index (κ3) is 0.579. The lowest BCUT2D eigenvalue weighted by molar-refractivity contribution is 1.09. The lowest BCUT2D eigenvalue weighted by atomic mass is 10.6. The lowest BCUT2D eigenvalue weighted by Crippen LogP contribution is -1.81. The Hall–Kier alpha value is -1.38. The van der Waals surface area contributed by atoms with Gasteiger partial charge in [0.05, 0.1) is 0 Å². The molecule has 3 heteroatoms. The highest BCUT2D eigenvalue weighted by Gasteiger charge is 1.87. The molecule has 0 amide bonds. The molecule has 1 radical (unpaired) electrons. The van der Waals surface area contributed by atoms with E-state index in [0.717, 1.165) is 5.65 Å². The number of fused-ring (bicyclic) bond motifs is 1. The monoisotopic (exact) mass is 118 g/mol. The van der Waals surface area contributed by atoms with Crippen LogP contribution in [-0.2, 0) is 0 Å². The summed E-state index contributed by atoms with van der Waals surface area (Å²) in [6, 6.07) is 1.83. The maximum Gasteiger partial charge on any atom is 0.140 e. The third-order valence-corrected chi connectivity index (χ3v) is 1.14. The third-order valence-electron chi connectivity index (χ3n) is 1.14. The molecule has 0 aliphatic rings. The Balaban J connectivity index is 2.95. The van der Waals surface area contributed by atoms with Crippen LogP contribution in [0, 0.1) is 6.20 Å². The van der Waals surface area contributed by atoms with Gasteiger partial charge in [-0.3, -0.25) is 4.40 Å². The van der Waals surface area contributed by atoms with Crippen molar-refractivity contribution >= 4 is 5.65 Å². The SMILES string of the molecule is [c]1cn2cnccc2n1. The molecule has 0 unspecified atom stereocenters. The molecule has 2 rings (SSSR count). The Morgan fingerprint density at radius 2 is 2.56 bits per heavy atom. The van der Waals surface area contributed by atoms with E-state index in [9.17, 15) is 0 Å². The first kappa shape index (κ1) is 4.49. The average molecular weight is 118 g/mol. The predicted molar refractivity (Wildman–Crippen MR) is 31.8 cm³/mol. The molecule has 0 saturated heterocycles. The van der Waals surface area contributed by atoms with E-state index in [0.29, 0.717) is 0 Å². The van der Waals surface area contributed by atoms with Crippen LogP contribution in [0.5, 0.6) is 0 Å². The zero-order valence-electron chi connectivity index (χ0n) is 4.65. The Bertz CT molecular complexity index is 282. The zero-order chi connectivity index (χ0) is 6.10. The van der Waals surface area contributed by atoms with E-state index in [2.05, 4.69) is 16.2 Å². The van der Waals surface area contributed by atoms with Crippen molar-refractivity contribution in [2.45, 2.75) is 0 Å². The minimum Gasteiger partial charge on any atom is -0.290 e. The van der Waals surface area contributed by atoms with Crippen molar-refractivity contribution in [2.75, 3.05) is 0 Å². The highest BCUT2D eigenvalue weighted by atomic mass is 15.0. The second kappa shape index (κ2) is 1.55. The molecule has 0 saturated carbocycles. The first-order chi connectivity index (χ1) is 4.47. The summed E-state index contributed by atoms with van der Waals surface area (Å²) in [6.07, 6.45) is 7.85. The van der Waals surface area contributed by atoms with Crippen LogP contribution in [0.15, 0.2) is 24.8 Å². The Kier molecular flexibility index (Phi) is 0.773. The van der Waals surface area contributed by atoms with Gasteiger partial charge in [-0.2, -0.15) is 0 Å². The molecular formula is C6H4N3. The summed E-state index contributed by atoms with van der Waals surface area (Å²) >= 11 is 0. The van der Waals surface area contributed by atoms with Gasteiger partial charge in [-0.05, 0) is 6.07 Å². The van der Waals surface area contributed by atoms with Crippen molar-refractivity contribution in [1.29, 1.82) is 0 Å². The van der Waals surface area contributed by atoms with E-state index in [1.807, 2.05) is 6.07 Å². The number of aromatic nitrogens is 3. The first-order valence-corrected chi connectivity index (χ1v) is 2.61. The summed E-state index contributed by atoms with van der Waals surface area (Å²) in [5.74, 6) is 0. The maximum atomic E-state index is 3.92. The molecule has 43 valence electrons. The number of hydrogen-bond donors (Lipinski definition) is 0. The van der Waals surface area contributed by atoms with E-state index in [-0.39, 0.29) is 0 Å². The zero-order valence-corrected chi connectivity index (χ0v) is 4.65. The summed E-state index contributed by atoms with van der Waals surface area (Å²) in [5, 5.41) is 0. The fraction of sp³-hybridized carbons (Fsp3) is 0. The summed E-state index contributed by atoms with van der Waals surface area (Å²) in [4.78, 5) is 7.80. The van der Waals surface area contributed by atoms with Crippen LogP contribution in [0.25, 0.3) is 5.65 Å². The van der Waals surface area contributed by atoms with Gasteiger partial charge < -0.3 is 0 Å². The minimum atomic E-state index is 0.880. The van der Waals surface area contributed by atoms with Crippen molar-refractivity contribution in [1.82, 2.24) is 14.4 Å². The smallest absolute Gasteiger partial charge is 0.140 e. The van der Waals surface area contributed by atoms with Crippen LogP contribution >= 0.6 is 0 Å². The maximum absolute atomic E-state index is 3.92. The van der Waals surface area contributed by atoms with Crippen LogP contribution in [0.4, 0.5) is 0 Å². The van der Waals surface area contributed by atoms with Crippen molar-refractivity contribution < 1.29 is 0 Å². The molecule has 0 aromatic carbocycles. The summed E-state index contributed by atoms with van der Waals surface area (Å²) in [7, 11) is 0. The number of rotatable bonds is 0. The van der Waals surface area contributed by atoms with Crippen molar-refractivity contribution in [3.63, 3.8) is 0 Å². The van der Waals surface area contributed by atoms with Crippen LogP contribution < -0.4 is 0 Å². The Labute approximate surface area is 52.0 Å². The minimum absolute atomic E-state index is 0.880. The molecule has 0 fully saturated rings. The van der Waals surface area contributed by atoms with E-state index in [1.165, 1.54) is 0 Å². The van der Waals surface area contributed by atoms with Gasteiger partial charge in [-0.15, -0.1) is 0 Å². The highest BCUT2D eigenvalue weighted by Crippen LogP contribution is 1.93. The molecule has 2 aromatic rings. The van der Waals surface area contributed by atoms with Gasteiger partial charge >= 0.3 is 0 Å². The standard InChI is InChI=1S/C6H4N3/c1-2-7-5-9-4-3-8-6(1)9/h1-2,4-5H. The summed E-state index contributed by atoms with van der Waals surface area (Å²) < 4.78 is 1.81. The fourth-order valence-electron chi connectivity index (χ4n) is 0.717. The average Bonchev–Trinajstić information content (AvgIpc) is 2.33. The van der Waals surface area contributed by atoms with E-state index >= 15 is 0 Å². The first-order valence-electron chi connectivity index (χ1n) is 2.61. The van der Waals surface area contributed by atoms with Crippen molar-refractivity contribution in [2.24, 2.45) is 0 Å². The van der Waals surface area contributed by atoms with Gasteiger partial charge in [0.2, 0.25) is 0 Å². The molecule has 0 atom stereocenters. The quantitative estimate of drug-likeness (QED) is 0.505. The van der Waals surface area contributed by atoms with Crippen LogP contribution in [0.3, 0.4) is 0 Å². The van der Waals surface area contributed by atoms with Gasteiger partial charge in [-0.25, -0.2) is 9.97 Å². The number of imidazole rings is 1. The molecule has 2 heterocycles. The molecule has 2 aromatic heterocycles. The second-order valence-electron chi connectivity index (χ2n) is 1.72. The van der Waals surface area contributed by atoms with Crippen molar-refractivity contribution in [3.8, 4) is 0 Å². The van der Waals surface area contributed by atoms with Gasteiger partial charge in [0, 0.05) is 12.4 Å². The Morgan fingerprint density at radius 3 is 3.44 bits per heavy atom. The van der Waals surface area contributed by atoms with Gasteiger partial charge in [0.15, 0.2) is 0 Å². The topological polar surface area (TPSA) is 30.2 Å². The fourth-order valence-corrected chi connectivity index (χ4v) is 0.717. The normalized spacial score (nSPS) is 10.2. The molecule has 0 N–H and O–H groups in total. The second-order valence-corrected chi connectivity index (χ2v) is 1.72. The largest absolute Gasteiger partial charge is 0.290 e. The molecule has 9 heavy (non-hydrogen) atoms. The van der Waals surface area contributed by atoms with Crippen LogP contribution in [0.2, 0.25) is 0 Å². The molecule has 0 aliphatic heterocycles. The van der Waals surface area contributed by atoms with Crippen molar-refractivity contribution in [3.05, 3.63) is 31.0 Å². The van der Waals surface area contributed by atoms with E-state index < -0.39 is 0 Å². The molecule has 0 spiro atoms. The van der Waals surface area contributed by atoms with E-state index in [1.54, 1.807) is 23.1 Å². The summed E-state index contributed by atoms with van der Waals surface area (Å²) in [5.41, 5.74) is 0.880. The lowest BCUT2D eigenvalue weighted by Gasteiger charge is -1.85. The summed E-state index contributed by atoms with van der Waals surface area (Å²) in [6.45, 7) is 0. The molecule has 0 aliphatic carbocycles. The Morgan fingerprint density at radius 1 is 1.56 bits per heavy atom.